The molecule has 1 N–H and O–H groups in total. The summed E-state index contributed by atoms with van der Waals surface area (Å²) in [5.41, 5.74) is 0.459. The van der Waals surface area contributed by atoms with Gasteiger partial charge in [-0.3, -0.25) is 13.9 Å². The Bertz CT molecular complexity index is 967. The predicted molar refractivity (Wildman–Crippen MR) is 109 cm³/mol. The summed E-state index contributed by atoms with van der Waals surface area (Å²) in [5.74, 6) is -0.347. The summed E-state index contributed by atoms with van der Waals surface area (Å²) in [6.45, 7) is 9.90. The van der Waals surface area contributed by atoms with E-state index in [1.165, 1.54) is 9.47 Å². The average Bonchev–Trinajstić information content (AvgIpc) is 2.92. The van der Waals surface area contributed by atoms with Gasteiger partial charge in [0.05, 0.1) is 17.9 Å². The van der Waals surface area contributed by atoms with Crippen molar-refractivity contribution in [2.24, 2.45) is 0 Å². The van der Waals surface area contributed by atoms with E-state index < -0.39 is 11.7 Å². The van der Waals surface area contributed by atoms with Gasteiger partial charge in [0.2, 0.25) is 0 Å². The molecule has 156 valence electrons. The first-order chi connectivity index (χ1) is 13.6. The van der Waals surface area contributed by atoms with Gasteiger partial charge in [-0.2, -0.15) is 0 Å². The van der Waals surface area contributed by atoms with Crippen LogP contribution >= 0.6 is 0 Å². The first kappa shape index (κ1) is 20.7. The Morgan fingerprint density at radius 1 is 1.10 bits per heavy atom. The van der Waals surface area contributed by atoms with E-state index in [2.05, 4.69) is 5.32 Å². The molecule has 0 unspecified atom stereocenters. The molecule has 1 aliphatic rings. The molecule has 0 saturated heterocycles. The predicted octanol–water partition coefficient (Wildman–Crippen LogP) is 2.53. The number of aromatic nitrogens is 2. The first-order valence-electron chi connectivity index (χ1n) is 9.77. The molecule has 0 saturated carbocycles. The summed E-state index contributed by atoms with van der Waals surface area (Å²) >= 11 is 0. The molecule has 8 nitrogen and oxygen atoms in total. The summed E-state index contributed by atoms with van der Waals surface area (Å²) in [6.07, 6.45) is -0.459. The van der Waals surface area contributed by atoms with Gasteiger partial charge in [-0.25, -0.2) is 9.59 Å². The van der Waals surface area contributed by atoms with Gasteiger partial charge in [-0.1, -0.05) is 18.2 Å². The fourth-order valence-corrected chi connectivity index (χ4v) is 3.32. The van der Waals surface area contributed by atoms with Gasteiger partial charge < -0.3 is 15.0 Å². The number of ether oxygens (including phenoxy) is 1. The van der Waals surface area contributed by atoms with Crippen LogP contribution in [0.3, 0.4) is 0 Å². The number of fused-ring (bicyclic) bond motifs is 1. The van der Waals surface area contributed by atoms with Gasteiger partial charge in [0.1, 0.15) is 11.3 Å². The summed E-state index contributed by atoms with van der Waals surface area (Å²) in [6, 6.07) is 8.95. The lowest BCUT2D eigenvalue weighted by Gasteiger charge is -2.30. The number of para-hydroxylation sites is 1. The van der Waals surface area contributed by atoms with Gasteiger partial charge >= 0.3 is 11.8 Å². The lowest BCUT2D eigenvalue weighted by Crippen LogP contribution is -2.43. The van der Waals surface area contributed by atoms with Crippen LogP contribution in [0.15, 0.2) is 35.1 Å². The van der Waals surface area contributed by atoms with Crippen LogP contribution in [-0.4, -0.2) is 44.2 Å². The molecule has 2 amide bonds. The average molecular weight is 400 g/mol. The molecule has 0 radical (unpaired) electrons. The fourth-order valence-electron chi connectivity index (χ4n) is 3.32. The van der Waals surface area contributed by atoms with Crippen LogP contribution in [0.25, 0.3) is 5.69 Å². The van der Waals surface area contributed by atoms with Crippen LogP contribution in [0.1, 0.15) is 50.8 Å². The van der Waals surface area contributed by atoms with Crippen molar-refractivity contribution in [1.29, 1.82) is 0 Å². The molecule has 0 atom stereocenters. The Balaban J connectivity index is 2.08. The number of carbonyl (C=O) groups is 2. The minimum absolute atomic E-state index is 0.0945. The molecule has 2 heterocycles. The molecule has 3 rings (SSSR count). The van der Waals surface area contributed by atoms with E-state index >= 15 is 0 Å². The summed E-state index contributed by atoms with van der Waals surface area (Å²) in [7, 11) is 0. The van der Waals surface area contributed by atoms with Crippen molar-refractivity contribution in [1.82, 2.24) is 19.4 Å². The molecule has 0 fully saturated rings. The highest BCUT2D eigenvalue weighted by molar-refractivity contribution is 5.94. The molecule has 1 aromatic carbocycles. The molecule has 1 aromatic heterocycles. The fraction of sp³-hybridized carbons (Fsp3) is 0.476. The minimum Gasteiger partial charge on any atom is -0.444 e. The number of rotatable bonds is 3. The van der Waals surface area contributed by atoms with Gasteiger partial charge in [0, 0.05) is 19.1 Å². The van der Waals surface area contributed by atoms with E-state index in [-0.39, 0.29) is 29.9 Å². The van der Waals surface area contributed by atoms with Crippen LogP contribution in [0, 0.1) is 0 Å². The van der Waals surface area contributed by atoms with E-state index in [9.17, 15) is 14.4 Å². The van der Waals surface area contributed by atoms with Crippen molar-refractivity contribution in [3.05, 3.63) is 52.2 Å². The number of imidazole rings is 1. The Labute approximate surface area is 170 Å². The summed E-state index contributed by atoms with van der Waals surface area (Å²) in [5, 5.41) is 2.87. The summed E-state index contributed by atoms with van der Waals surface area (Å²) in [4.78, 5) is 40.2. The van der Waals surface area contributed by atoms with Crippen LogP contribution in [0.5, 0.6) is 0 Å². The van der Waals surface area contributed by atoms with Crippen molar-refractivity contribution >= 4 is 12.0 Å². The molecule has 0 aliphatic carbocycles. The van der Waals surface area contributed by atoms with Crippen molar-refractivity contribution in [2.75, 3.05) is 6.54 Å². The van der Waals surface area contributed by atoms with Crippen LogP contribution in [-0.2, 0) is 17.8 Å². The number of carbonyl (C=O) groups excluding carboxylic acids is 2. The van der Waals surface area contributed by atoms with Gasteiger partial charge in [0.15, 0.2) is 0 Å². The molecule has 1 aliphatic heterocycles. The minimum atomic E-state index is -0.623. The third kappa shape index (κ3) is 4.36. The maximum atomic E-state index is 13.1. The zero-order valence-corrected chi connectivity index (χ0v) is 17.6. The monoisotopic (exact) mass is 400 g/mol. The first-order valence-corrected chi connectivity index (χ1v) is 9.77. The van der Waals surface area contributed by atoms with Crippen molar-refractivity contribution in [2.45, 2.75) is 59.4 Å². The summed E-state index contributed by atoms with van der Waals surface area (Å²) < 4.78 is 8.47. The second-order valence-electron chi connectivity index (χ2n) is 8.43. The van der Waals surface area contributed by atoms with E-state index in [4.69, 9.17) is 4.74 Å². The molecule has 2 aromatic rings. The normalized spacial score (nSPS) is 13.9. The molecule has 0 bridgehead atoms. The molecular formula is C21H28N4O4. The van der Waals surface area contributed by atoms with E-state index in [1.54, 1.807) is 37.5 Å². The zero-order valence-electron chi connectivity index (χ0n) is 17.6. The van der Waals surface area contributed by atoms with E-state index in [0.29, 0.717) is 24.5 Å². The van der Waals surface area contributed by atoms with Crippen LogP contribution < -0.4 is 11.0 Å². The third-order valence-corrected chi connectivity index (χ3v) is 4.48. The number of nitrogens with one attached hydrogen (secondary N) is 1. The van der Waals surface area contributed by atoms with Crippen molar-refractivity contribution in [3.8, 4) is 5.69 Å². The van der Waals surface area contributed by atoms with Crippen LogP contribution in [0.2, 0.25) is 0 Å². The quantitative estimate of drug-likeness (QED) is 0.858. The zero-order chi connectivity index (χ0) is 21.3. The molecular weight excluding hydrogens is 372 g/mol. The van der Waals surface area contributed by atoms with E-state index in [1.807, 2.05) is 32.0 Å². The molecule has 8 heteroatoms. The molecule has 0 spiro atoms. The maximum Gasteiger partial charge on any atom is 0.410 e. The lowest BCUT2D eigenvalue weighted by molar-refractivity contribution is 0.0196. The maximum absolute atomic E-state index is 13.1. The highest BCUT2D eigenvalue weighted by Crippen LogP contribution is 2.21. The van der Waals surface area contributed by atoms with Gasteiger partial charge in [0.25, 0.3) is 5.91 Å². The lowest BCUT2D eigenvalue weighted by atomic mass is 10.2. The van der Waals surface area contributed by atoms with E-state index in [0.717, 1.165) is 0 Å². The van der Waals surface area contributed by atoms with Gasteiger partial charge in [-0.15, -0.1) is 0 Å². The second-order valence-corrected chi connectivity index (χ2v) is 8.43. The number of hydrogen-bond donors (Lipinski definition) is 1. The SMILES string of the molecule is CC(C)NC(=O)c1c2n(c(=O)n1-c1ccccc1)CCN(C(=O)OC(C)(C)C)C2. The Morgan fingerprint density at radius 3 is 2.34 bits per heavy atom. The largest absolute Gasteiger partial charge is 0.444 e. The third-order valence-electron chi connectivity index (χ3n) is 4.48. The molecule has 29 heavy (non-hydrogen) atoms. The van der Waals surface area contributed by atoms with Crippen LogP contribution in [0.4, 0.5) is 4.79 Å². The number of nitrogens with zero attached hydrogens (tertiary/aromatic N) is 3. The topological polar surface area (TPSA) is 85.6 Å². The number of benzene rings is 1. The Kier molecular flexibility index (Phi) is 5.55. The second kappa shape index (κ2) is 7.77. The van der Waals surface area contributed by atoms with Gasteiger partial charge in [-0.05, 0) is 46.8 Å². The number of amides is 2. The highest BCUT2D eigenvalue weighted by atomic mass is 16.6. The Hall–Kier alpha value is -3.03. The van der Waals surface area contributed by atoms with Crippen molar-refractivity contribution < 1.29 is 14.3 Å². The Morgan fingerprint density at radius 2 is 1.76 bits per heavy atom. The standard InChI is InChI=1S/C21H28N4O4/c1-14(2)22-18(26)17-16-13-23(20(28)29-21(3,4)5)11-12-24(16)19(27)25(17)15-9-7-6-8-10-15/h6-10,14H,11-13H2,1-5H3,(H,22,26). The van der Waals surface area contributed by atoms with Crippen molar-refractivity contribution in [3.63, 3.8) is 0 Å². The number of hydrogen-bond acceptors (Lipinski definition) is 4. The smallest absolute Gasteiger partial charge is 0.410 e. The highest BCUT2D eigenvalue weighted by Gasteiger charge is 2.33.